The van der Waals surface area contributed by atoms with Gasteiger partial charge < -0.3 is 0 Å². The van der Waals surface area contributed by atoms with Crippen LogP contribution < -0.4 is 0 Å². The van der Waals surface area contributed by atoms with Crippen LogP contribution >= 0.6 is 0 Å². The van der Waals surface area contributed by atoms with E-state index in [4.69, 9.17) is 0 Å². The van der Waals surface area contributed by atoms with E-state index in [1.54, 1.807) is 13.3 Å². The zero-order valence-corrected chi connectivity index (χ0v) is 8.96. The van der Waals surface area contributed by atoms with Crippen molar-refractivity contribution < 1.29 is 0 Å². The summed E-state index contributed by atoms with van der Waals surface area (Å²) in [7, 11) is 1.76. The molecule has 0 aromatic rings. The molecule has 0 rings (SSSR count). The maximum atomic E-state index is 3.83. The molecule has 0 saturated carbocycles. The quantitative estimate of drug-likeness (QED) is 0.451. The molecule has 1 nitrogen and oxygen atoms in total. The molecule has 0 aliphatic heterocycles. The van der Waals surface area contributed by atoms with Gasteiger partial charge in [-0.15, -0.1) is 6.58 Å². The highest BCUT2D eigenvalue weighted by Crippen LogP contribution is 2.16. The topological polar surface area (TPSA) is 12.4 Å². The summed E-state index contributed by atoms with van der Waals surface area (Å²) in [5.74, 6) is 0. The monoisotopic (exact) mass is 167 g/mol. The first-order valence-corrected chi connectivity index (χ1v) is 4.36. The summed E-state index contributed by atoms with van der Waals surface area (Å²) >= 11 is 0. The van der Waals surface area contributed by atoms with Gasteiger partial charge in [0.2, 0.25) is 0 Å². The average Bonchev–Trinajstić information content (AvgIpc) is 2.09. The van der Waals surface area contributed by atoms with Crippen molar-refractivity contribution in [2.75, 3.05) is 7.05 Å². The van der Waals surface area contributed by atoms with E-state index in [1.807, 2.05) is 26.0 Å². The van der Waals surface area contributed by atoms with Crippen LogP contribution in [0.5, 0.6) is 0 Å². The lowest BCUT2D eigenvalue weighted by atomic mass is 9.94. The first-order valence-electron chi connectivity index (χ1n) is 4.36. The highest BCUT2D eigenvalue weighted by molar-refractivity contribution is 5.70. The van der Waals surface area contributed by atoms with Crippen molar-refractivity contribution in [1.82, 2.24) is 0 Å². The Labute approximate surface area is 76.9 Å². The lowest BCUT2D eigenvalue weighted by molar-refractivity contribution is 0.628. The average molecular weight is 167 g/mol. The van der Waals surface area contributed by atoms with Gasteiger partial charge >= 0.3 is 0 Å². The lowest BCUT2D eigenvalue weighted by Gasteiger charge is -2.11. The first-order chi connectivity index (χ1) is 5.62. The molecule has 1 heteroatoms. The number of nitrogens with zero attached hydrogens (tertiary/aromatic N) is 1. The van der Waals surface area contributed by atoms with E-state index < -0.39 is 0 Å². The number of hydrogen-bond acceptors (Lipinski definition) is 1. The molecule has 0 heterocycles. The first kappa shape index (κ1) is 13.7. The number of hydrogen-bond donors (Lipinski definition) is 0. The van der Waals surface area contributed by atoms with Crippen LogP contribution in [0, 0.1) is 5.41 Å². The third-order valence-electron chi connectivity index (χ3n) is 1.29. The molecule has 0 saturated heterocycles. The maximum absolute atomic E-state index is 3.83. The molecular weight excluding hydrogens is 146 g/mol. The second kappa shape index (κ2) is 8.25. The molecular formula is C11H21N. The van der Waals surface area contributed by atoms with E-state index in [0.29, 0.717) is 0 Å². The summed E-state index contributed by atoms with van der Waals surface area (Å²) in [6.45, 7) is 11.9. The Morgan fingerprint density at radius 2 is 1.75 bits per heavy atom. The molecule has 0 aliphatic rings. The van der Waals surface area contributed by atoms with Gasteiger partial charge in [0.05, 0.1) is 0 Å². The largest absolute Gasteiger partial charge is 0.297 e. The Morgan fingerprint density at radius 1 is 1.25 bits per heavy atom. The second-order valence-corrected chi connectivity index (χ2v) is 2.79. The van der Waals surface area contributed by atoms with Crippen molar-refractivity contribution in [2.45, 2.75) is 27.7 Å². The SMILES string of the molecule is C=CC(C)(C)/C=C\C=NC.CC. The summed E-state index contributed by atoms with van der Waals surface area (Å²) < 4.78 is 0. The number of rotatable bonds is 3. The van der Waals surface area contributed by atoms with Crippen LogP contribution in [0.1, 0.15) is 27.7 Å². The predicted octanol–water partition coefficient (Wildman–Crippen LogP) is 3.48. The summed E-state index contributed by atoms with van der Waals surface area (Å²) in [5, 5.41) is 0. The molecule has 0 aliphatic carbocycles. The summed E-state index contributed by atoms with van der Waals surface area (Å²) in [6, 6.07) is 0. The van der Waals surface area contributed by atoms with Crippen LogP contribution in [0.2, 0.25) is 0 Å². The third kappa shape index (κ3) is 9.15. The Kier molecular flexibility index (Phi) is 9.43. The zero-order chi connectivity index (χ0) is 10.0. The molecule has 0 atom stereocenters. The predicted molar refractivity (Wildman–Crippen MR) is 58.9 cm³/mol. The molecule has 0 fully saturated rings. The van der Waals surface area contributed by atoms with Gasteiger partial charge in [-0.2, -0.15) is 0 Å². The highest BCUT2D eigenvalue weighted by atomic mass is 14.6. The van der Waals surface area contributed by atoms with Gasteiger partial charge in [-0.1, -0.05) is 39.8 Å². The Hall–Kier alpha value is -0.850. The van der Waals surface area contributed by atoms with Gasteiger partial charge in [0, 0.05) is 18.7 Å². The Balaban J connectivity index is 0. The Bertz CT molecular complexity index is 152. The minimum Gasteiger partial charge on any atom is -0.297 e. The van der Waals surface area contributed by atoms with Crippen LogP contribution in [0.15, 0.2) is 29.8 Å². The molecule has 12 heavy (non-hydrogen) atoms. The minimum absolute atomic E-state index is 0.0845. The van der Waals surface area contributed by atoms with Crippen LogP contribution in [0.25, 0.3) is 0 Å². The standard InChI is InChI=1S/C9H15N.C2H6/c1-5-9(2,3)7-6-8-10-4;1-2/h5-8H,1H2,2-4H3;1-2H3/b7-6-,10-8?;. The van der Waals surface area contributed by atoms with Crippen molar-refractivity contribution >= 4 is 6.21 Å². The lowest BCUT2D eigenvalue weighted by Crippen LogP contribution is -2.00. The van der Waals surface area contributed by atoms with E-state index in [1.165, 1.54) is 0 Å². The normalized spacial score (nSPS) is 11.4. The van der Waals surface area contributed by atoms with Gasteiger partial charge in [-0.3, -0.25) is 4.99 Å². The smallest absolute Gasteiger partial charge is 0.0277 e. The van der Waals surface area contributed by atoms with Gasteiger partial charge in [0.1, 0.15) is 0 Å². The van der Waals surface area contributed by atoms with Crippen LogP contribution in [-0.4, -0.2) is 13.3 Å². The fraction of sp³-hybridized carbons (Fsp3) is 0.545. The summed E-state index contributed by atoms with van der Waals surface area (Å²) in [5.41, 5.74) is 0.0845. The van der Waals surface area contributed by atoms with Crippen molar-refractivity contribution in [1.29, 1.82) is 0 Å². The molecule has 0 unspecified atom stereocenters. The molecule has 0 N–H and O–H groups in total. The summed E-state index contributed by atoms with van der Waals surface area (Å²) in [4.78, 5) is 3.83. The van der Waals surface area contributed by atoms with E-state index in [-0.39, 0.29) is 5.41 Å². The fourth-order valence-corrected chi connectivity index (χ4v) is 0.445. The second-order valence-electron chi connectivity index (χ2n) is 2.79. The molecule has 0 amide bonds. The van der Waals surface area contributed by atoms with E-state index >= 15 is 0 Å². The van der Waals surface area contributed by atoms with Crippen molar-refractivity contribution in [3.05, 3.63) is 24.8 Å². The van der Waals surface area contributed by atoms with Crippen molar-refractivity contribution in [2.24, 2.45) is 10.4 Å². The van der Waals surface area contributed by atoms with Gasteiger partial charge in [0.25, 0.3) is 0 Å². The zero-order valence-electron chi connectivity index (χ0n) is 8.96. The summed E-state index contributed by atoms with van der Waals surface area (Å²) in [6.07, 6.45) is 7.67. The van der Waals surface area contributed by atoms with Gasteiger partial charge in [0.15, 0.2) is 0 Å². The number of allylic oxidation sites excluding steroid dienone is 3. The highest BCUT2D eigenvalue weighted by Gasteiger charge is 2.05. The van der Waals surface area contributed by atoms with Gasteiger partial charge in [-0.25, -0.2) is 0 Å². The van der Waals surface area contributed by atoms with E-state index in [9.17, 15) is 0 Å². The number of aliphatic imine (C=N–C) groups is 1. The fourth-order valence-electron chi connectivity index (χ4n) is 0.445. The van der Waals surface area contributed by atoms with E-state index in [2.05, 4.69) is 31.5 Å². The minimum atomic E-state index is 0.0845. The molecule has 0 bridgehead atoms. The van der Waals surface area contributed by atoms with Crippen LogP contribution in [0.4, 0.5) is 0 Å². The molecule has 0 aromatic carbocycles. The Morgan fingerprint density at radius 3 is 2.08 bits per heavy atom. The maximum Gasteiger partial charge on any atom is 0.0277 e. The van der Waals surface area contributed by atoms with Crippen molar-refractivity contribution in [3.63, 3.8) is 0 Å². The van der Waals surface area contributed by atoms with Gasteiger partial charge in [-0.05, 0) is 6.08 Å². The molecule has 70 valence electrons. The third-order valence-corrected chi connectivity index (χ3v) is 1.29. The molecule has 0 aromatic heterocycles. The van der Waals surface area contributed by atoms with Crippen LogP contribution in [0.3, 0.4) is 0 Å². The molecule has 0 radical (unpaired) electrons. The van der Waals surface area contributed by atoms with Crippen LogP contribution in [-0.2, 0) is 0 Å². The molecule has 0 spiro atoms. The van der Waals surface area contributed by atoms with Crippen molar-refractivity contribution in [3.8, 4) is 0 Å². The van der Waals surface area contributed by atoms with E-state index in [0.717, 1.165) is 0 Å².